The Bertz CT molecular complexity index is 986. The second-order valence-corrected chi connectivity index (χ2v) is 9.90. The summed E-state index contributed by atoms with van der Waals surface area (Å²) in [5, 5.41) is 0. The number of hydrogen-bond donors (Lipinski definition) is 0. The summed E-state index contributed by atoms with van der Waals surface area (Å²) in [5.41, 5.74) is 1.79. The SMILES string of the molecule is CN(C)P12(OC(c3ccccc3)=C(c3ccccc3)O1)Oc1ccccc1O2. The zero-order valence-electron chi connectivity index (χ0n) is 15.6. The molecule has 0 bridgehead atoms. The number of fused-ring (bicyclic) bond motifs is 1. The van der Waals surface area contributed by atoms with Gasteiger partial charge in [-0.2, -0.15) is 0 Å². The predicted octanol–water partition coefficient (Wildman–Crippen LogP) is 5.72. The molecule has 0 amide bonds. The molecule has 0 saturated heterocycles. The van der Waals surface area contributed by atoms with E-state index in [4.69, 9.17) is 18.1 Å². The summed E-state index contributed by atoms with van der Waals surface area (Å²) in [5.74, 6) is 2.42. The van der Waals surface area contributed by atoms with E-state index in [1.54, 1.807) is 4.67 Å². The molecule has 6 heteroatoms. The van der Waals surface area contributed by atoms with E-state index >= 15 is 0 Å². The summed E-state index contributed by atoms with van der Waals surface area (Å²) in [6.07, 6.45) is 0. The zero-order chi connectivity index (χ0) is 19.2. The second-order valence-electron chi connectivity index (χ2n) is 6.82. The van der Waals surface area contributed by atoms with Crippen LogP contribution in [0, 0.1) is 0 Å². The predicted molar refractivity (Wildman–Crippen MR) is 110 cm³/mol. The zero-order valence-corrected chi connectivity index (χ0v) is 16.5. The molecular formula is C22H20NO4P. The second kappa shape index (κ2) is 5.99. The molecule has 2 heterocycles. The van der Waals surface area contributed by atoms with Gasteiger partial charge in [0.2, 0.25) is 0 Å². The van der Waals surface area contributed by atoms with E-state index in [0.29, 0.717) is 23.0 Å². The Labute approximate surface area is 164 Å². The van der Waals surface area contributed by atoms with Crippen molar-refractivity contribution in [3.8, 4) is 11.5 Å². The number of hydrogen-bond acceptors (Lipinski definition) is 5. The average molecular weight is 393 g/mol. The normalized spacial score (nSPS) is 19.8. The molecule has 5 nitrogen and oxygen atoms in total. The quantitative estimate of drug-likeness (QED) is 0.532. The first-order chi connectivity index (χ1) is 13.6. The van der Waals surface area contributed by atoms with Gasteiger partial charge >= 0.3 is 164 Å². The Morgan fingerprint density at radius 2 is 0.929 bits per heavy atom. The number of benzene rings is 3. The average Bonchev–Trinajstić information content (AvgIpc) is 3.26. The van der Waals surface area contributed by atoms with Gasteiger partial charge in [0, 0.05) is 0 Å². The van der Waals surface area contributed by atoms with Gasteiger partial charge in [-0.15, -0.1) is 0 Å². The third kappa shape index (κ3) is 2.40. The molecule has 0 radical (unpaired) electrons. The van der Waals surface area contributed by atoms with Gasteiger partial charge in [-0.3, -0.25) is 0 Å². The van der Waals surface area contributed by atoms with Crippen LogP contribution in [0.1, 0.15) is 11.1 Å². The minimum atomic E-state index is -4.13. The molecule has 0 N–H and O–H groups in total. The molecule has 0 aliphatic carbocycles. The fraction of sp³-hybridized carbons (Fsp3) is 0.0909. The van der Waals surface area contributed by atoms with E-state index in [-0.39, 0.29) is 0 Å². The van der Waals surface area contributed by atoms with Crippen molar-refractivity contribution in [1.82, 2.24) is 4.67 Å². The third-order valence-electron chi connectivity index (χ3n) is 4.77. The van der Waals surface area contributed by atoms with Crippen molar-refractivity contribution < 1.29 is 18.1 Å². The van der Waals surface area contributed by atoms with Gasteiger partial charge in [0.05, 0.1) is 0 Å². The molecule has 5 rings (SSSR count). The molecule has 0 fully saturated rings. The van der Waals surface area contributed by atoms with Gasteiger partial charge in [0.25, 0.3) is 0 Å². The van der Waals surface area contributed by atoms with Crippen LogP contribution >= 0.6 is 7.66 Å². The summed E-state index contributed by atoms with van der Waals surface area (Å²) >= 11 is 0. The number of para-hydroxylation sites is 2. The van der Waals surface area contributed by atoms with Gasteiger partial charge < -0.3 is 0 Å². The monoisotopic (exact) mass is 393 g/mol. The van der Waals surface area contributed by atoms with Gasteiger partial charge in [-0.05, 0) is 0 Å². The molecule has 3 aromatic rings. The number of rotatable bonds is 3. The van der Waals surface area contributed by atoms with Crippen molar-refractivity contribution in [3.05, 3.63) is 96.1 Å². The first kappa shape index (κ1) is 17.1. The van der Waals surface area contributed by atoms with Crippen LogP contribution in [-0.4, -0.2) is 18.8 Å². The van der Waals surface area contributed by atoms with Crippen LogP contribution in [0.4, 0.5) is 0 Å². The standard InChI is InChI=1S/C22H20NO4P/c1-23(2)28(24-19-15-9-10-16-20(19)25-28)26-21(17-11-5-3-6-12-17)22(27-28)18-13-7-4-8-14-18/h3-16H,1-2H3. The Morgan fingerprint density at radius 3 is 1.32 bits per heavy atom. The van der Waals surface area contributed by atoms with Crippen LogP contribution in [0.25, 0.3) is 11.5 Å². The van der Waals surface area contributed by atoms with Crippen molar-refractivity contribution >= 4 is 19.2 Å². The molecule has 3 aromatic carbocycles. The Kier molecular flexibility index (Phi) is 3.66. The summed E-state index contributed by atoms with van der Waals surface area (Å²) < 4.78 is 27.6. The Morgan fingerprint density at radius 1 is 0.536 bits per heavy atom. The minimum absolute atomic E-state index is 0.603. The maximum atomic E-state index is 6.56. The van der Waals surface area contributed by atoms with E-state index < -0.39 is 7.66 Å². The van der Waals surface area contributed by atoms with E-state index in [2.05, 4.69) is 0 Å². The summed E-state index contributed by atoms with van der Waals surface area (Å²) in [6, 6.07) is 27.2. The van der Waals surface area contributed by atoms with Gasteiger partial charge in [0.1, 0.15) is 0 Å². The molecule has 0 aromatic heterocycles. The van der Waals surface area contributed by atoms with Gasteiger partial charge in [0.15, 0.2) is 0 Å². The van der Waals surface area contributed by atoms with Crippen molar-refractivity contribution in [2.75, 3.05) is 14.1 Å². The first-order valence-electron chi connectivity index (χ1n) is 9.04. The van der Waals surface area contributed by atoms with Crippen LogP contribution in [0.5, 0.6) is 11.5 Å². The van der Waals surface area contributed by atoms with Gasteiger partial charge in [-0.1, -0.05) is 0 Å². The molecule has 2 aliphatic rings. The first-order valence-corrected chi connectivity index (χ1v) is 10.9. The molecule has 2 aliphatic heterocycles. The molecule has 0 atom stereocenters. The molecule has 28 heavy (non-hydrogen) atoms. The van der Waals surface area contributed by atoms with E-state index in [1.165, 1.54) is 0 Å². The van der Waals surface area contributed by atoms with E-state index in [0.717, 1.165) is 11.1 Å². The van der Waals surface area contributed by atoms with Crippen molar-refractivity contribution in [1.29, 1.82) is 0 Å². The van der Waals surface area contributed by atoms with Crippen LogP contribution < -0.4 is 9.05 Å². The van der Waals surface area contributed by atoms with Gasteiger partial charge in [-0.25, -0.2) is 0 Å². The fourth-order valence-corrected chi connectivity index (χ4v) is 6.13. The topological polar surface area (TPSA) is 40.2 Å². The van der Waals surface area contributed by atoms with Crippen molar-refractivity contribution in [2.24, 2.45) is 0 Å². The van der Waals surface area contributed by atoms with Crippen LogP contribution in [0.2, 0.25) is 0 Å². The molecule has 0 saturated carbocycles. The third-order valence-corrected chi connectivity index (χ3v) is 8.06. The summed E-state index contributed by atoms with van der Waals surface area (Å²) in [6.45, 7) is 0. The van der Waals surface area contributed by atoms with E-state index in [9.17, 15) is 0 Å². The van der Waals surface area contributed by atoms with Crippen molar-refractivity contribution in [2.45, 2.75) is 0 Å². The molecular weight excluding hydrogens is 373 g/mol. The summed E-state index contributed by atoms with van der Waals surface area (Å²) in [4.78, 5) is 0. The fourth-order valence-electron chi connectivity index (χ4n) is 3.30. The molecule has 1 spiro atoms. The van der Waals surface area contributed by atoms with Crippen LogP contribution in [0.15, 0.2) is 84.9 Å². The van der Waals surface area contributed by atoms with Crippen LogP contribution in [0.3, 0.4) is 0 Å². The van der Waals surface area contributed by atoms with Crippen molar-refractivity contribution in [3.63, 3.8) is 0 Å². The number of nitrogens with zero attached hydrogens (tertiary/aromatic N) is 1. The van der Waals surface area contributed by atoms with E-state index in [1.807, 2.05) is 99.0 Å². The maximum absolute atomic E-state index is 6.56. The Balaban J connectivity index is 1.69. The summed E-state index contributed by atoms with van der Waals surface area (Å²) in [7, 11) is -0.439. The Hall–Kier alpha value is -3.01. The van der Waals surface area contributed by atoms with Crippen LogP contribution in [-0.2, 0) is 9.05 Å². The molecule has 142 valence electrons. The molecule has 0 unspecified atom stereocenters.